The maximum Gasteiger partial charge on any atom is 0.417 e. The number of aliphatic hydroxyl groups is 3. The SMILES string of the molecule is C[C@@H](O)Cn1c(=O)n([C@@H]2O[C@H]([C@@H](O)C(F)(F)F)[C@H](F)[C@H]2O)c2nc(N)ncc21. The van der Waals surface area contributed by atoms with Gasteiger partial charge in [-0.05, 0) is 6.92 Å². The van der Waals surface area contributed by atoms with Gasteiger partial charge in [-0.1, -0.05) is 0 Å². The number of hydrogen-bond donors (Lipinski definition) is 4. The average molecular weight is 411 g/mol. The van der Waals surface area contributed by atoms with Gasteiger partial charge in [0.15, 0.2) is 24.2 Å². The summed E-state index contributed by atoms with van der Waals surface area (Å²) < 4.78 is 59.0. The second-order valence-electron chi connectivity index (χ2n) is 6.46. The van der Waals surface area contributed by atoms with Crippen LogP contribution in [0.25, 0.3) is 11.2 Å². The highest BCUT2D eigenvalue weighted by molar-refractivity contribution is 5.72. The number of aliphatic hydroxyl groups excluding tert-OH is 3. The third kappa shape index (κ3) is 3.32. The van der Waals surface area contributed by atoms with E-state index in [-0.39, 0.29) is 23.7 Å². The van der Waals surface area contributed by atoms with E-state index in [0.717, 1.165) is 10.8 Å². The van der Waals surface area contributed by atoms with E-state index >= 15 is 0 Å². The van der Waals surface area contributed by atoms with Crippen LogP contribution in [0.15, 0.2) is 11.0 Å². The predicted molar refractivity (Wildman–Crippen MR) is 84.8 cm³/mol. The van der Waals surface area contributed by atoms with E-state index in [9.17, 15) is 37.7 Å². The van der Waals surface area contributed by atoms with E-state index in [4.69, 9.17) is 10.5 Å². The molecule has 0 saturated carbocycles. The molecule has 14 heteroatoms. The molecule has 0 bridgehead atoms. The summed E-state index contributed by atoms with van der Waals surface area (Å²) in [5, 5.41) is 29.0. The highest BCUT2D eigenvalue weighted by Crippen LogP contribution is 2.38. The molecule has 1 saturated heterocycles. The lowest BCUT2D eigenvalue weighted by molar-refractivity contribution is -0.241. The number of halogens is 4. The van der Waals surface area contributed by atoms with Crippen molar-refractivity contribution >= 4 is 17.1 Å². The Bertz CT molecular complexity index is 929. The first-order valence-electron chi connectivity index (χ1n) is 8.07. The lowest BCUT2D eigenvalue weighted by Gasteiger charge is -2.22. The molecule has 6 atom stereocenters. The topological polar surface area (TPSA) is 149 Å². The zero-order chi connectivity index (χ0) is 21.0. The highest BCUT2D eigenvalue weighted by Gasteiger charge is 2.56. The fourth-order valence-corrected chi connectivity index (χ4v) is 3.06. The van der Waals surface area contributed by atoms with Gasteiger partial charge in [-0.15, -0.1) is 0 Å². The Morgan fingerprint density at radius 2 is 2.04 bits per heavy atom. The van der Waals surface area contributed by atoms with Crippen molar-refractivity contribution in [3.63, 3.8) is 0 Å². The Morgan fingerprint density at radius 3 is 2.61 bits per heavy atom. The molecule has 3 heterocycles. The van der Waals surface area contributed by atoms with E-state index in [1.165, 1.54) is 6.92 Å². The molecule has 10 nitrogen and oxygen atoms in total. The number of aromatic nitrogens is 4. The van der Waals surface area contributed by atoms with Crippen LogP contribution in [0.2, 0.25) is 0 Å². The molecule has 1 aliphatic rings. The summed E-state index contributed by atoms with van der Waals surface area (Å²) in [7, 11) is 0. The molecule has 0 spiro atoms. The molecule has 0 unspecified atom stereocenters. The van der Waals surface area contributed by atoms with Crippen LogP contribution in [0.4, 0.5) is 23.5 Å². The lowest BCUT2D eigenvalue weighted by Crippen LogP contribution is -2.44. The predicted octanol–water partition coefficient (Wildman–Crippen LogP) is -0.924. The van der Waals surface area contributed by atoms with Crippen LogP contribution in [0.3, 0.4) is 0 Å². The maximum atomic E-state index is 14.3. The number of nitrogen functional groups attached to an aromatic ring is 1. The summed E-state index contributed by atoms with van der Waals surface area (Å²) in [6.45, 7) is 1.13. The first-order valence-corrected chi connectivity index (χ1v) is 8.07. The second-order valence-corrected chi connectivity index (χ2v) is 6.46. The van der Waals surface area contributed by atoms with Crippen molar-refractivity contribution in [3.8, 4) is 0 Å². The zero-order valence-corrected chi connectivity index (χ0v) is 14.3. The summed E-state index contributed by atoms with van der Waals surface area (Å²) in [6, 6.07) is 0. The molecule has 2 aromatic rings. The standard InChI is InChI=1S/C14H17F4N5O5/c1-4(24)3-22-5-2-20-12(19)21-10(5)23(13(22)27)11-7(25)6(15)8(28-11)9(26)14(16,17)18/h2,4,6-9,11,24-26H,3H2,1H3,(H2,19,20,21)/t4-,6-,7-,8+,9-,11-/m1/s1. The summed E-state index contributed by atoms with van der Waals surface area (Å²) in [5.41, 5.74) is 4.33. The van der Waals surface area contributed by atoms with Gasteiger partial charge in [0.05, 0.1) is 18.8 Å². The van der Waals surface area contributed by atoms with Gasteiger partial charge in [-0.25, -0.2) is 18.7 Å². The van der Waals surface area contributed by atoms with Crippen molar-refractivity contribution < 1.29 is 37.6 Å². The molecular weight excluding hydrogens is 394 g/mol. The van der Waals surface area contributed by atoms with Gasteiger partial charge in [0.25, 0.3) is 0 Å². The monoisotopic (exact) mass is 411 g/mol. The Morgan fingerprint density at radius 1 is 1.39 bits per heavy atom. The van der Waals surface area contributed by atoms with Crippen molar-refractivity contribution in [2.45, 2.75) is 56.5 Å². The van der Waals surface area contributed by atoms with E-state index in [1.807, 2.05) is 0 Å². The number of hydrogen-bond acceptors (Lipinski definition) is 8. The molecule has 1 aliphatic heterocycles. The molecule has 5 N–H and O–H groups in total. The van der Waals surface area contributed by atoms with Crippen LogP contribution in [0.1, 0.15) is 13.2 Å². The lowest BCUT2D eigenvalue weighted by atomic mass is 10.1. The fraction of sp³-hybridized carbons (Fsp3) is 0.643. The number of nitrogens with zero attached hydrogens (tertiary/aromatic N) is 4. The van der Waals surface area contributed by atoms with Crippen LogP contribution in [0.5, 0.6) is 0 Å². The Balaban J connectivity index is 2.12. The number of ether oxygens (including phenoxy) is 1. The van der Waals surface area contributed by atoms with Gasteiger partial charge in [0.2, 0.25) is 5.95 Å². The number of imidazole rings is 1. The minimum atomic E-state index is -5.21. The van der Waals surface area contributed by atoms with Crippen molar-refractivity contribution in [1.82, 2.24) is 19.1 Å². The number of anilines is 1. The largest absolute Gasteiger partial charge is 0.417 e. The Kier molecular flexibility index (Phi) is 5.07. The van der Waals surface area contributed by atoms with E-state index in [2.05, 4.69) is 9.97 Å². The number of alkyl halides is 4. The van der Waals surface area contributed by atoms with Crippen LogP contribution < -0.4 is 11.4 Å². The average Bonchev–Trinajstić information content (AvgIpc) is 3.01. The molecular formula is C14H17F4N5O5. The molecule has 0 radical (unpaired) electrons. The van der Waals surface area contributed by atoms with Crippen molar-refractivity contribution in [2.24, 2.45) is 0 Å². The molecule has 156 valence electrons. The van der Waals surface area contributed by atoms with Crippen LogP contribution in [-0.4, -0.2) is 71.2 Å². The first kappa shape index (κ1) is 20.4. The summed E-state index contributed by atoms with van der Waals surface area (Å²) in [5.74, 6) is -0.299. The summed E-state index contributed by atoms with van der Waals surface area (Å²) >= 11 is 0. The molecule has 3 rings (SSSR count). The Labute approximate surface area is 153 Å². The highest BCUT2D eigenvalue weighted by atomic mass is 19.4. The molecule has 0 amide bonds. The molecule has 1 fully saturated rings. The van der Waals surface area contributed by atoms with Gasteiger partial charge >= 0.3 is 11.9 Å². The molecule has 28 heavy (non-hydrogen) atoms. The van der Waals surface area contributed by atoms with Gasteiger partial charge in [0, 0.05) is 0 Å². The molecule has 0 aromatic carbocycles. The van der Waals surface area contributed by atoms with E-state index in [0.29, 0.717) is 4.57 Å². The van der Waals surface area contributed by atoms with Gasteiger partial charge in [0.1, 0.15) is 17.7 Å². The summed E-state index contributed by atoms with van der Waals surface area (Å²) in [6.07, 6.45) is -17.5. The maximum absolute atomic E-state index is 14.3. The fourth-order valence-electron chi connectivity index (χ4n) is 3.06. The quantitative estimate of drug-likeness (QED) is 0.472. The molecule has 2 aromatic heterocycles. The third-order valence-corrected chi connectivity index (χ3v) is 4.30. The van der Waals surface area contributed by atoms with Crippen molar-refractivity contribution in [3.05, 3.63) is 16.7 Å². The number of nitrogens with two attached hydrogens (primary N) is 1. The Hall–Kier alpha value is -2.29. The zero-order valence-electron chi connectivity index (χ0n) is 14.3. The third-order valence-electron chi connectivity index (χ3n) is 4.30. The van der Waals surface area contributed by atoms with Crippen molar-refractivity contribution in [1.29, 1.82) is 0 Å². The number of fused-ring (bicyclic) bond motifs is 1. The second kappa shape index (κ2) is 6.95. The van der Waals surface area contributed by atoms with Gasteiger partial charge in [-0.2, -0.15) is 18.2 Å². The van der Waals surface area contributed by atoms with Crippen molar-refractivity contribution in [2.75, 3.05) is 5.73 Å². The smallest absolute Gasteiger partial charge is 0.392 e. The van der Waals surface area contributed by atoms with Gasteiger partial charge in [-0.3, -0.25) is 4.57 Å². The minimum absolute atomic E-state index is 0.0335. The first-order chi connectivity index (χ1) is 12.9. The van der Waals surface area contributed by atoms with E-state index in [1.54, 1.807) is 0 Å². The van der Waals surface area contributed by atoms with Gasteiger partial charge < -0.3 is 25.8 Å². The van der Waals surface area contributed by atoms with Crippen LogP contribution >= 0.6 is 0 Å². The normalized spacial score (nSPS) is 28.0. The molecule has 0 aliphatic carbocycles. The number of rotatable bonds is 4. The van der Waals surface area contributed by atoms with Crippen LogP contribution in [-0.2, 0) is 11.3 Å². The minimum Gasteiger partial charge on any atom is -0.392 e. The van der Waals surface area contributed by atoms with Crippen LogP contribution in [0, 0.1) is 0 Å². The van der Waals surface area contributed by atoms with E-state index < -0.39 is 48.7 Å². The summed E-state index contributed by atoms with van der Waals surface area (Å²) in [4.78, 5) is 20.3.